The lowest BCUT2D eigenvalue weighted by atomic mass is 9.96. The molecular weight excluding hydrogens is 302 g/mol. The van der Waals surface area contributed by atoms with Crippen LogP contribution in [0.25, 0.3) is 0 Å². The van der Waals surface area contributed by atoms with Crippen LogP contribution in [-0.2, 0) is 4.79 Å². The summed E-state index contributed by atoms with van der Waals surface area (Å²) < 4.78 is 0. The van der Waals surface area contributed by atoms with Crippen molar-refractivity contribution in [3.63, 3.8) is 0 Å². The molecule has 0 aliphatic carbocycles. The highest BCUT2D eigenvalue weighted by Gasteiger charge is 2.40. The van der Waals surface area contributed by atoms with E-state index in [0.717, 1.165) is 32.1 Å². The van der Waals surface area contributed by atoms with Gasteiger partial charge in [0.25, 0.3) is 0 Å². The lowest BCUT2D eigenvalue weighted by molar-refractivity contribution is -0.145. The maximum atomic E-state index is 12.6. The first kappa shape index (κ1) is 19.0. The Morgan fingerprint density at radius 2 is 2.12 bits per heavy atom. The number of carbonyl (C=O) groups is 1. The number of hydrogen-bond donors (Lipinski definition) is 1. The molecule has 2 aliphatic heterocycles. The van der Waals surface area contributed by atoms with Crippen molar-refractivity contribution in [3.05, 3.63) is 0 Å². The first-order valence-electron chi connectivity index (χ1n) is 9.28. The van der Waals surface area contributed by atoms with Crippen molar-refractivity contribution in [1.29, 1.82) is 0 Å². The van der Waals surface area contributed by atoms with E-state index in [1.807, 2.05) is 11.9 Å². The number of rotatable bonds is 4. The fourth-order valence-corrected chi connectivity index (χ4v) is 4.25. The minimum atomic E-state index is -0.187. The highest BCUT2D eigenvalue weighted by Crippen LogP contribution is 2.24. The average Bonchev–Trinajstić information content (AvgIpc) is 2.93. The van der Waals surface area contributed by atoms with Gasteiger partial charge in [0.05, 0.1) is 12.1 Å². The first-order chi connectivity index (χ1) is 11.3. The second-order valence-corrected chi connectivity index (χ2v) is 8.00. The van der Waals surface area contributed by atoms with E-state index >= 15 is 0 Å². The normalized spacial score (nSPS) is 25.7. The number of nitrogens with zero attached hydrogens (tertiary/aromatic N) is 4. The summed E-state index contributed by atoms with van der Waals surface area (Å²) in [5.41, 5.74) is -0.187. The number of aliphatic imine (C=N–C) groups is 1. The molecule has 0 aromatic carbocycles. The number of hydrogen-bond acceptors (Lipinski definition) is 3. The topological polar surface area (TPSA) is 51.2 Å². The maximum absolute atomic E-state index is 12.6. The molecule has 0 bridgehead atoms. The van der Waals surface area contributed by atoms with Crippen molar-refractivity contribution in [3.8, 4) is 0 Å². The summed E-state index contributed by atoms with van der Waals surface area (Å²) in [5, 5.41) is 3.51. The molecule has 6 nitrogen and oxygen atoms in total. The quantitative estimate of drug-likeness (QED) is 0.619. The summed E-state index contributed by atoms with van der Waals surface area (Å²) >= 11 is 0. The van der Waals surface area contributed by atoms with Gasteiger partial charge in [0.15, 0.2) is 5.96 Å². The molecule has 0 spiro atoms. The van der Waals surface area contributed by atoms with E-state index in [0.29, 0.717) is 12.5 Å². The van der Waals surface area contributed by atoms with Crippen LogP contribution in [-0.4, -0.2) is 84.5 Å². The molecule has 138 valence electrons. The Morgan fingerprint density at radius 1 is 1.42 bits per heavy atom. The molecular formula is C18H35N5O. The van der Waals surface area contributed by atoms with Crippen molar-refractivity contribution < 1.29 is 4.79 Å². The Labute approximate surface area is 147 Å². The van der Waals surface area contributed by atoms with Gasteiger partial charge in [0, 0.05) is 32.7 Å². The van der Waals surface area contributed by atoms with Gasteiger partial charge in [-0.05, 0) is 53.1 Å². The summed E-state index contributed by atoms with van der Waals surface area (Å²) in [7, 11) is 1.81. The summed E-state index contributed by atoms with van der Waals surface area (Å²) in [6.45, 7) is 16.3. The van der Waals surface area contributed by atoms with Gasteiger partial charge in [0.2, 0.25) is 5.91 Å². The number of nitrogens with one attached hydrogen (secondary N) is 1. The standard InChI is InChI=1S/C18H35N5O/c1-7-21-9-8-15(11-21)10-20-17(19-6)22-12-16(24)23(14(2)3)18(4,5)13-22/h14-15H,7-13H2,1-6H3,(H,19,20). The molecule has 1 amide bonds. The van der Waals surface area contributed by atoms with Gasteiger partial charge in [-0.1, -0.05) is 6.92 Å². The fourth-order valence-electron chi connectivity index (χ4n) is 4.25. The number of carbonyl (C=O) groups excluding carboxylic acids is 1. The van der Waals surface area contributed by atoms with Crippen LogP contribution >= 0.6 is 0 Å². The Morgan fingerprint density at radius 3 is 2.62 bits per heavy atom. The lowest BCUT2D eigenvalue weighted by Gasteiger charge is -2.49. The first-order valence-corrected chi connectivity index (χ1v) is 9.28. The number of piperazine rings is 1. The molecule has 24 heavy (non-hydrogen) atoms. The van der Waals surface area contributed by atoms with E-state index in [1.165, 1.54) is 13.0 Å². The third-order valence-electron chi connectivity index (χ3n) is 5.22. The molecule has 2 rings (SSSR count). The van der Waals surface area contributed by atoms with Gasteiger partial charge in [-0.25, -0.2) is 0 Å². The average molecular weight is 338 g/mol. The molecule has 1 unspecified atom stereocenters. The Kier molecular flexibility index (Phi) is 6.12. The molecule has 1 atom stereocenters. The molecule has 0 aromatic heterocycles. The van der Waals surface area contributed by atoms with Gasteiger partial charge in [-0.15, -0.1) is 0 Å². The summed E-state index contributed by atoms with van der Waals surface area (Å²) in [4.78, 5) is 23.6. The predicted octanol–water partition coefficient (Wildman–Crippen LogP) is 1.23. The molecule has 2 saturated heterocycles. The molecule has 6 heteroatoms. The maximum Gasteiger partial charge on any atom is 0.242 e. The van der Waals surface area contributed by atoms with Gasteiger partial charge < -0.3 is 20.0 Å². The fraction of sp³-hybridized carbons (Fsp3) is 0.889. The minimum Gasteiger partial charge on any atom is -0.356 e. The molecule has 2 aliphatic rings. The molecule has 2 fully saturated rings. The van der Waals surface area contributed by atoms with E-state index in [9.17, 15) is 4.79 Å². The Balaban J connectivity index is 1.95. The predicted molar refractivity (Wildman–Crippen MR) is 99.2 cm³/mol. The zero-order valence-corrected chi connectivity index (χ0v) is 16.3. The van der Waals surface area contributed by atoms with Crippen LogP contribution in [0.2, 0.25) is 0 Å². The number of amides is 1. The van der Waals surface area contributed by atoms with Crippen LogP contribution in [0.3, 0.4) is 0 Å². The monoisotopic (exact) mass is 337 g/mol. The van der Waals surface area contributed by atoms with Crippen LogP contribution in [0.4, 0.5) is 0 Å². The second kappa shape index (κ2) is 7.72. The molecule has 2 heterocycles. The zero-order chi connectivity index (χ0) is 17.9. The van der Waals surface area contributed by atoms with Crippen molar-refractivity contribution in [2.45, 2.75) is 52.6 Å². The van der Waals surface area contributed by atoms with Crippen LogP contribution < -0.4 is 5.32 Å². The minimum absolute atomic E-state index is 0.183. The van der Waals surface area contributed by atoms with Gasteiger partial charge >= 0.3 is 0 Å². The van der Waals surface area contributed by atoms with Crippen LogP contribution in [0.1, 0.15) is 41.0 Å². The van der Waals surface area contributed by atoms with Crippen LogP contribution in [0.15, 0.2) is 4.99 Å². The SMILES string of the molecule is CCN1CCC(CNC(=NC)N2CC(=O)N(C(C)C)C(C)(C)C2)C1. The molecule has 0 aromatic rings. The van der Waals surface area contributed by atoms with Crippen molar-refractivity contribution in [1.82, 2.24) is 20.0 Å². The molecule has 0 saturated carbocycles. The molecule has 0 radical (unpaired) electrons. The Bertz CT molecular complexity index is 474. The van der Waals surface area contributed by atoms with E-state index in [1.54, 1.807) is 0 Å². The summed E-state index contributed by atoms with van der Waals surface area (Å²) in [6, 6.07) is 0.225. The van der Waals surface area contributed by atoms with Gasteiger partial charge in [0.1, 0.15) is 0 Å². The van der Waals surface area contributed by atoms with E-state index in [4.69, 9.17) is 0 Å². The summed E-state index contributed by atoms with van der Waals surface area (Å²) in [5.74, 6) is 1.71. The summed E-state index contributed by atoms with van der Waals surface area (Å²) in [6.07, 6.45) is 1.24. The van der Waals surface area contributed by atoms with E-state index in [2.05, 4.69) is 54.7 Å². The molecule has 1 N–H and O–H groups in total. The third-order valence-corrected chi connectivity index (χ3v) is 5.22. The van der Waals surface area contributed by atoms with Crippen molar-refractivity contribution >= 4 is 11.9 Å². The zero-order valence-electron chi connectivity index (χ0n) is 16.3. The van der Waals surface area contributed by atoms with Gasteiger partial charge in [-0.2, -0.15) is 0 Å². The Hall–Kier alpha value is -1.30. The highest BCUT2D eigenvalue weighted by atomic mass is 16.2. The second-order valence-electron chi connectivity index (χ2n) is 8.00. The van der Waals surface area contributed by atoms with Gasteiger partial charge in [-0.3, -0.25) is 9.79 Å². The van der Waals surface area contributed by atoms with E-state index in [-0.39, 0.29) is 17.5 Å². The highest BCUT2D eigenvalue weighted by molar-refractivity contribution is 5.88. The lowest BCUT2D eigenvalue weighted by Crippen LogP contribution is -2.66. The van der Waals surface area contributed by atoms with Crippen LogP contribution in [0.5, 0.6) is 0 Å². The third kappa shape index (κ3) is 4.21. The number of guanidine groups is 1. The van der Waals surface area contributed by atoms with Crippen LogP contribution in [0, 0.1) is 5.92 Å². The smallest absolute Gasteiger partial charge is 0.242 e. The van der Waals surface area contributed by atoms with Crippen molar-refractivity contribution in [2.75, 3.05) is 46.3 Å². The largest absolute Gasteiger partial charge is 0.356 e. The van der Waals surface area contributed by atoms with Crippen molar-refractivity contribution in [2.24, 2.45) is 10.9 Å². The van der Waals surface area contributed by atoms with E-state index < -0.39 is 0 Å². The number of likely N-dealkylation sites (tertiary alicyclic amines) is 1.